The Labute approximate surface area is 191 Å². The molecule has 1 fully saturated rings. The fourth-order valence-corrected chi connectivity index (χ4v) is 4.79. The van der Waals surface area contributed by atoms with E-state index in [-0.39, 0.29) is 5.02 Å². The molecule has 0 amide bonds. The van der Waals surface area contributed by atoms with Gasteiger partial charge in [0.15, 0.2) is 0 Å². The number of imidazole rings is 1. The van der Waals surface area contributed by atoms with Crippen molar-refractivity contribution in [3.63, 3.8) is 0 Å². The highest BCUT2D eigenvalue weighted by Gasteiger charge is 2.23. The maximum atomic E-state index is 13.7. The van der Waals surface area contributed by atoms with Crippen molar-refractivity contribution in [3.8, 4) is 11.1 Å². The summed E-state index contributed by atoms with van der Waals surface area (Å²) in [7, 11) is 1.97. The largest absolute Gasteiger partial charge is 0.340 e. The van der Waals surface area contributed by atoms with Crippen LogP contribution in [0.2, 0.25) is 5.02 Å². The van der Waals surface area contributed by atoms with Crippen molar-refractivity contribution in [3.05, 3.63) is 64.2 Å². The summed E-state index contributed by atoms with van der Waals surface area (Å²) in [4.78, 5) is 7.47. The minimum atomic E-state index is -0.405. The first-order valence-corrected chi connectivity index (χ1v) is 11.2. The third-order valence-corrected chi connectivity index (χ3v) is 6.55. The minimum Gasteiger partial charge on any atom is -0.340 e. The summed E-state index contributed by atoms with van der Waals surface area (Å²) < 4.78 is 17.9. The molecule has 0 spiro atoms. The number of aromatic nitrogens is 4. The Morgan fingerprint density at radius 2 is 1.91 bits per heavy atom. The molecule has 0 aliphatic carbocycles. The molecule has 1 aliphatic heterocycles. The maximum absolute atomic E-state index is 13.7. The van der Waals surface area contributed by atoms with Crippen molar-refractivity contribution >= 4 is 28.6 Å². The van der Waals surface area contributed by atoms with Crippen molar-refractivity contribution in [2.75, 3.05) is 31.1 Å². The van der Waals surface area contributed by atoms with Gasteiger partial charge in [0.1, 0.15) is 5.82 Å². The first-order chi connectivity index (χ1) is 15.4. The van der Waals surface area contributed by atoms with Crippen LogP contribution in [0, 0.1) is 19.7 Å². The number of rotatable bonds is 4. The first-order valence-electron chi connectivity index (χ1n) is 10.8. The summed E-state index contributed by atoms with van der Waals surface area (Å²) >= 11 is 6.08. The second kappa shape index (κ2) is 8.22. The van der Waals surface area contributed by atoms with Gasteiger partial charge in [-0.1, -0.05) is 29.8 Å². The average Bonchev–Trinajstić information content (AvgIpc) is 3.28. The molecule has 4 aromatic rings. The van der Waals surface area contributed by atoms with Crippen LogP contribution in [0.3, 0.4) is 0 Å². The zero-order valence-electron chi connectivity index (χ0n) is 18.5. The molecule has 0 atom stereocenters. The number of para-hydroxylation sites is 1. The Balaban J connectivity index is 1.70. The Hall–Kier alpha value is -2.90. The topological polar surface area (TPSA) is 50.9 Å². The van der Waals surface area contributed by atoms with Gasteiger partial charge in [0.25, 0.3) is 0 Å². The molecule has 5 rings (SSSR count). The smallest absolute Gasteiger partial charge is 0.206 e. The molecule has 1 aliphatic rings. The summed E-state index contributed by atoms with van der Waals surface area (Å²) in [6.07, 6.45) is 0. The van der Waals surface area contributed by atoms with Gasteiger partial charge in [0, 0.05) is 50.0 Å². The van der Waals surface area contributed by atoms with Gasteiger partial charge in [0.05, 0.1) is 28.3 Å². The van der Waals surface area contributed by atoms with Gasteiger partial charge in [-0.05, 0) is 37.6 Å². The van der Waals surface area contributed by atoms with Gasteiger partial charge in [-0.25, -0.2) is 9.37 Å². The number of benzene rings is 2. The van der Waals surface area contributed by atoms with Crippen molar-refractivity contribution in [1.29, 1.82) is 0 Å². The summed E-state index contributed by atoms with van der Waals surface area (Å²) in [5.74, 6) is 0.520. The van der Waals surface area contributed by atoms with Gasteiger partial charge in [-0.2, -0.15) is 5.10 Å². The van der Waals surface area contributed by atoms with E-state index >= 15 is 0 Å². The third-order valence-electron chi connectivity index (χ3n) is 6.26. The zero-order valence-corrected chi connectivity index (χ0v) is 19.2. The predicted molar refractivity (Wildman–Crippen MR) is 127 cm³/mol. The molecule has 0 bridgehead atoms. The summed E-state index contributed by atoms with van der Waals surface area (Å²) in [6.45, 7) is 8.28. The second-order valence-electron chi connectivity index (χ2n) is 8.33. The predicted octanol–water partition coefficient (Wildman–Crippen LogP) is 4.30. The van der Waals surface area contributed by atoms with E-state index in [1.165, 1.54) is 6.07 Å². The van der Waals surface area contributed by atoms with E-state index in [9.17, 15) is 4.39 Å². The minimum absolute atomic E-state index is 0.137. The third kappa shape index (κ3) is 3.55. The van der Waals surface area contributed by atoms with Crippen LogP contribution in [0.4, 0.5) is 10.3 Å². The molecule has 1 N–H and O–H groups in total. The molecule has 8 heteroatoms. The number of nitrogens with one attached hydrogen (secondary N) is 1. The zero-order chi connectivity index (χ0) is 22.4. The molecule has 6 nitrogen and oxygen atoms in total. The molecular weight excluding hydrogens is 427 g/mol. The first kappa shape index (κ1) is 21.0. The van der Waals surface area contributed by atoms with Gasteiger partial charge in [0.2, 0.25) is 5.95 Å². The molecule has 32 heavy (non-hydrogen) atoms. The monoisotopic (exact) mass is 452 g/mol. The van der Waals surface area contributed by atoms with E-state index in [1.54, 1.807) is 12.1 Å². The van der Waals surface area contributed by atoms with Crippen LogP contribution in [-0.2, 0) is 13.6 Å². The van der Waals surface area contributed by atoms with E-state index in [0.717, 1.165) is 71.2 Å². The number of hydrogen-bond donors (Lipinski definition) is 1. The maximum Gasteiger partial charge on any atom is 0.206 e. The highest BCUT2D eigenvalue weighted by molar-refractivity contribution is 6.30. The van der Waals surface area contributed by atoms with Gasteiger partial charge in [-0.3, -0.25) is 4.68 Å². The molecule has 166 valence electrons. The van der Waals surface area contributed by atoms with E-state index in [4.69, 9.17) is 16.6 Å². The van der Waals surface area contributed by atoms with Crippen LogP contribution in [0.5, 0.6) is 0 Å². The fourth-order valence-electron chi connectivity index (χ4n) is 4.58. The lowest BCUT2D eigenvalue weighted by Crippen LogP contribution is -2.44. The quantitative estimate of drug-likeness (QED) is 0.501. The summed E-state index contributed by atoms with van der Waals surface area (Å²) in [5.41, 5.74) is 7.23. The van der Waals surface area contributed by atoms with Gasteiger partial charge >= 0.3 is 0 Å². The second-order valence-corrected chi connectivity index (χ2v) is 8.73. The number of nitrogens with zero attached hydrogens (tertiary/aromatic N) is 5. The Morgan fingerprint density at radius 3 is 2.59 bits per heavy atom. The normalized spacial score (nSPS) is 14.5. The van der Waals surface area contributed by atoms with E-state index < -0.39 is 5.82 Å². The number of anilines is 1. The van der Waals surface area contributed by atoms with Crippen LogP contribution < -0.4 is 10.2 Å². The standard InChI is InChI=1S/C24H26ClFN6/c1-15-22(16(2)30(3)29-15)18-5-4-6-21-23(18)28-24(31-11-9-27-10-12-31)32(21)14-17-7-8-20(26)19(25)13-17/h4-8,13,27H,9-12,14H2,1-3H3. The number of piperazine rings is 1. The number of hydrogen-bond acceptors (Lipinski definition) is 4. The van der Waals surface area contributed by atoms with Crippen LogP contribution in [0.25, 0.3) is 22.2 Å². The molecule has 2 aromatic heterocycles. The van der Waals surface area contributed by atoms with Crippen LogP contribution in [0.1, 0.15) is 17.0 Å². The SMILES string of the molecule is Cc1nn(C)c(C)c1-c1cccc2c1nc(N1CCNCC1)n2Cc1ccc(F)c(Cl)c1. The van der Waals surface area contributed by atoms with Crippen LogP contribution in [-0.4, -0.2) is 45.5 Å². The van der Waals surface area contributed by atoms with E-state index in [2.05, 4.69) is 45.0 Å². The number of aryl methyl sites for hydroxylation is 2. The molecule has 0 saturated carbocycles. The van der Waals surface area contributed by atoms with Gasteiger partial charge < -0.3 is 14.8 Å². The lowest BCUT2D eigenvalue weighted by atomic mass is 10.0. The Kier molecular flexibility index (Phi) is 5.39. The Morgan fingerprint density at radius 1 is 1.12 bits per heavy atom. The molecule has 3 heterocycles. The Bertz CT molecular complexity index is 1300. The number of fused-ring (bicyclic) bond motifs is 1. The van der Waals surface area contributed by atoms with Gasteiger partial charge in [-0.15, -0.1) is 0 Å². The molecule has 2 aromatic carbocycles. The number of halogens is 2. The molecule has 1 saturated heterocycles. The molecular formula is C24H26ClFN6. The van der Waals surface area contributed by atoms with Crippen LogP contribution in [0.15, 0.2) is 36.4 Å². The van der Waals surface area contributed by atoms with Crippen molar-refractivity contribution < 1.29 is 4.39 Å². The summed E-state index contributed by atoms with van der Waals surface area (Å²) in [5, 5.41) is 8.16. The molecule has 0 unspecified atom stereocenters. The van der Waals surface area contributed by atoms with Crippen molar-refractivity contribution in [2.24, 2.45) is 7.05 Å². The summed E-state index contributed by atoms with van der Waals surface area (Å²) in [6, 6.07) is 11.2. The fraction of sp³-hybridized carbons (Fsp3) is 0.333. The van der Waals surface area contributed by atoms with E-state index in [0.29, 0.717) is 6.54 Å². The highest BCUT2D eigenvalue weighted by Crippen LogP contribution is 2.35. The lowest BCUT2D eigenvalue weighted by molar-refractivity contribution is 0.571. The average molecular weight is 453 g/mol. The highest BCUT2D eigenvalue weighted by atomic mass is 35.5. The van der Waals surface area contributed by atoms with Crippen LogP contribution >= 0.6 is 11.6 Å². The van der Waals surface area contributed by atoms with Crippen molar-refractivity contribution in [2.45, 2.75) is 20.4 Å². The lowest BCUT2D eigenvalue weighted by Gasteiger charge is -2.29. The van der Waals surface area contributed by atoms with E-state index in [1.807, 2.05) is 18.7 Å². The molecule has 0 radical (unpaired) electrons. The van der Waals surface area contributed by atoms with Crippen molar-refractivity contribution in [1.82, 2.24) is 24.6 Å².